The largest absolute Gasteiger partial charge is 0.468 e. The van der Waals surface area contributed by atoms with Crippen molar-refractivity contribution in [1.82, 2.24) is 8.61 Å². The average Bonchev–Trinajstić information content (AvgIpc) is 2.35. The quantitative estimate of drug-likeness (QED) is 0.685. The first-order valence-electron chi connectivity index (χ1n) is 6.23. The van der Waals surface area contributed by atoms with Gasteiger partial charge in [-0.05, 0) is 18.8 Å². The second-order valence-corrected chi connectivity index (χ2v) is 6.54. The first-order chi connectivity index (χ1) is 8.41. The molecule has 1 unspecified atom stereocenters. The third-order valence-electron chi connectivity index (χ3n) is 3.16. The summed E-state index contributed by atoms with van der Waals surface area (Å²) >= 11 is 0. The van der Waals surface area contributed by atoms with Crippen molar-refractivity contribution < 1.29 is 17.9 Å². The van der Waals surface area contributed by atoms with E-state index in [0.29, 0.717) is 19.0 Å². The highest BCUT2D eigenvalue weighted by Gasteiger charge is 2.32. The highest BCUT2D eigenvalue weighted by Crippen LogP contribution is 2.20. The fraction of sp³-hybridized carbons (Fsp3) is 0.909. The molecular formula is C11H22N2O4S. The average molecular weight is 278 g/mol. The van der Waals surface area contributed by atoms with Crippen LogP contribution >= 0.6 is 0 Å². The molecule has 0 amide bonds. The maximum absolute atomic E-state index is 12.4. The Bertz CT molecular complexity index is 383. The first-order valence-corrected chi connectivity index (χ1v) is 7.63. The molecule has 0 bridgehead atoms. The van der Waals surface area contributed by atoms with Gasteiger partial charge in [0.1, 0.15) is 6.54 Å². The van der Waals surface area contributed by atoms with Gasteiger partial charge in [0, 0.05) is 19.6 Å². The van der Waals surface area contributed by atoms with Crippen LogP contribution in [0, 0.1) is 5.92 Å². The number of carbonyl (C=O) groups excluding carboxylic acids is 1. The number of piperidine rings is 1. The molecule has 1 atom stereocenters. The standard InChI is InChI=1S/C11H22N2O4S/c1-4-12(9-11(14)17-3)18(15,16)13-7-5-6-10(2)8-13/h10H,4-9H2,1-3H3. The number of ether oxygens (including phenoxy) is 1. The highest BCUT2D eigenvalue weighted by molar-refractivity contribution is 7.86. The van der Waals surface area contributed by atoms with Crippen molar-refractivity contribution in [3.05, 3.63) is 0 Å². The summed E-state index contributed by atoms with van der Waals surface area (Å²) in [5, 5.41) is 0. The van der Waals surface area contributed by atoms with Gasteiger partial charge in [-0.3, -0.25) is 4.79 Å². The van der Waals surface area contributed by atoms with Crippen LogP contribution in [-0.2, 0) is 19.7 Å². The fourth-order valence-corrected chi connectivity index (χ4v) is 3.81. The minimum Gasteiger partial charge on any atom is -0.468 e. The molecule has 0 radical (unpaired) electrons. The Morgan fingerprint density at radius 1 is 1.50 bits per heavy atom. The summed E-state index contributed by atoms with van der Waals surface area (Å²) in [4.78, 5) is 11.2. The summed E-state index contributed by atoms with van der Waals surface area (Å²) in [6.45, 7) is 4.86. The molecule has 0 aliphatic carbocycles. The first kappa shape index (κ1) is 15.4. The molecule has 1 saturated heterocycles. The molecule has 1 rings (SSSR count). The lowest BCUT2D eigenvalue weighted by Gasteiger charge is -2.33. The molecule has 1 aliphatic heterocycles. The molecule has 0 saturated carbocycles. The van der Waals surface area contributed by atoms with Crippen molar-refractivity contribution in [2.75, 3.05) is 33.3 Å². The van der Waals surface area contributed by atoms with E-state index in [2.05, 4.69) is 4.74 Å². The Hall–Kier alpha value is -0.660. The van der Waals surface area contributed by atoms with Crippen molar-refractivity contribution in [2.24, 2.45) is 5.92 Å². The zero-order valence-corrected chi connectivity index (χ0v) is 12.1. The summed E-state index contributed by atoms with van der Waals surface area (Å²) in [5.41, 5.74) is 0. The molecule has 0 N–H and O–H groups in total. The van der Waals surface area contributed by atoms with Gasteiger partial charge in [-0.15, -0.1) is 0 Å². The second-order valence-electron chi connectivity index (χ2n) is 4.62. The third kappa shape index (κ3) is 3.66. The topological polar surface area (TPSA) is 66.9 Å². The number of nitrogens with zero attached hydrogens (tertiary/aromatic N) is 2. The normalized spacial score (nSPS) is 22.1. The summed E-state index contributed by atoms with van der Waals surface area (Å²) in [6, 6.07) is 0. The van der Waals surface area contributed by atoms with E-state index in [4.69, 9.17) is 0 Å². The van der Waals surface area contributed by atoms with Gasteiger partial charge in [-0.25, -0.2) is 0 Å². The van der Waals surface area contributed by atoms with Crippen LogP contribution in [0.4, 0.5) is 0 Å². The van der Waals surface area contributed by atoms with Crippen LogP contribution in [-0.4, -0.2) is 56.3 Å². The summed E-state index contributed by atoms with van der Waals surface area (Å²) in [6.07, 6.45) is 1.92. The molecule has 0 aromatic rings. The van der Waals surface area contributed by atoms with E-state index in [9.17, 15) is 13.2 Å². The van der Waals surface area contributed by atoms with E-state index in [1.165, 1.54) is 11.4 Å². The Morgan fingerprint density at radius 2 is 2.17 bits per heavy atom. The van der Waals surface area contributed by atoms with Gasteiger partial charge in [-0.2, -0.15) is 17.0 Å². The highest BCUT2D eigenvalue weighted by atomic mass is 32.2. The number of rotatable bonds is 5. The molecule has 1 fully saturated rings. The van der Waals surface area contributed by atoms with Gasteiger partial charge in [-0.1, -0.05) is 13.8 Å². The molecule has 0 spiro atoms. The van der Waals surface area contributed by atoms with E-state index in [0.717, 1.165) is 17.1 Å². The summed E-state index contributed by atoms with van der Waals surface area (Å²) in [5.74, 6) is -0.171. The van der Waals surface area contributed by atoms with Crippen LogP contribution in [0.5, 0.6) is 0 Å². The molecule has 0 aromatic carbocycles. The molecule has 1 heterocycles. The third-order valence-corrected chi connectivity index (χ3v) is 5.18. The number of hydrogen-bond acceptors (Lipinski definition) is 4. The predicted octanol–water partition coefficient (Wildman–Crippen LogP) is 0.458. The lowest BCUT2D eigenvalue weighted by Crippen LogP contribution is -2.49. The number of esters is 1. The zero-order chi connectivity index (χ0) is 13.8. The van der Waals surface area contributed by atoms with Crippen molar-refractivity contribution in [3.8, 4) is 0 Å². The predicted molar refractivity (Wildman–Crippen MR) is 68.2 cm³/mol. The van der Waals surface area contributed by atoms with Crippen molar-refractivity contribution in [2.45, 2.75) is 26.7 Å². The molecule has 6 nitrogen and oxygen atoms in total. The Labute approximate surface area is 109 Å². The molecule has 0 aromatic heterocycles. The van der Waals surface area contributed by atoms with Gasteiger partial charge in [0.05, 0.1) is 7.11 Å². The molecular weight excluding hydrogens is 256 g/mol. The molecule has 18 heavy (non-hydrogen) atoms. The van der Waals surface area contributed by atoms with E-state index >= 15 is 0 Å². The van der Waals surface area contributed by atoms with Crippen LogP contribution in [0.2, 0.25) is 0 Å². The van der Waals surface area contributed by atoms with E-state index in [1.54, 1.807) is 6.92 Å². The van der Waals surface area contributed by atoms with Crippen LogP contribution in [0.25, 0.3) is 0 Å². The number of carbonyl (C=O) groups is 1. The minimum absolute atomic E-state index is 0.222. The SMILES string of the molecule is CCN(CC(=O)OC)S(=O)(=O)N1CCCC(C)C1. The number of hydrogen-bond donors (Lipinski definition) is 0. The van der Waals surface area contributed by atoms with Gasteiger partial charge >= 0.3 is 5.97 Å². The molecule has 106 valence electrons. The Kier molecular flexibility index (Phi) is 5.55. The smallest absolute Gasteiger partial charge is 0.321 e. The van der Waals surface area contributed by atoms with Crippen LogP contribution in [0.3, 0.4) is 0 Å². The Morgan fingerprint density at radius 3 is 2.67 bits per heavy atom. The fourth-order valence-electron chi connectivity index (χ4n) is 2.08. The lowest BCUT2D eigenvalue weighted by molar-refractivity contribution is -0.140. The summed E-state index contributed by atoms with van der Waals surface area (Å²) < 4.78 is 31.9. The summed E-state index contributed by atoms with van der Waals surface area (Å²) in [7, 11) is -2.29. The number of likely N-dealkylation sites (N-methyl/N-ethyl adjacent to an activating group) is 1. The van der Waals surface area contributed by atoms with Gasteiger partial charge in [0.25, 0.3) is 10.2 Å². The van der Waals surface area contributed by atoms with Crippen molar-refractivity contribution in [3.63, 3.8) is 0 Å². The van der Waals surface area contributed by atoms with E-state index in [-0.39, 0.29) is 13.1 Å². The lowest BCUT2D eigenvalue weighted by atomic mass is 10.0. The van der Waals surface area contributed by atoms with Gasteiger partial charge < -0.3 is 4.74 Å². The Balaban J connectivity index is 2.78. The van der Waals surface area contributed by atoms with Crippen molar-refractivity contribution in [1.29, 1.82) is 0 Å². The monoisotopic (exact) mass is 278 g/mol. The van der Waals surface area contributed by atoms with Gasteiger partial charge in [0.2, 0.25) is 0 Å². The van der Waals surface area contributed by atoms with Crippen LogP contribution < -0.4 is 0 Å². The molecule has 7 heteroatoms. The number of methoxy groups -OCH3 is 1. The van der Waals surface area contributed by atoms with Gasteiger partial charge in [0.15, 0.2) is 0 Å². The maximum atomic E-state index is 12.4. The van der Waals surface area contributed by atoms with Crippen LogP contribution in [0.1, 0.15) is 26.7 Å². The zero-order valence-electron chi connectivity index (χ0n) is 11.3. The van der Waals surface area contributed by atoms with E-state index < -0.39 is 16.2 Å². The van der Waals surface area contributed by atoms with Crippen LogP contribution in [0.15, 0.2) is 0 Å². The minimum atomic E-state index is -3.55. The second kappa shape index (κ2) is 6.49. The van der Waals surface area contributed by atoms with Crippen molar-refractivity contribution >= 4 is 16.2 Å². The molecule has 1 aliphatic rings. The van der Waals surface area contributed by atoms with E-state index in [1.807, 2.05) is 6.92 Å². The maximum Gasteiger partial charge on any atom is 0.321 e.